The molecule has 7 heteroatoms. The van der Waals surface area contributed by atoms with Gasteiger partial charge in [-0.25, -0.2) is 0 Å². The van der Waals surface area contributed by atoms with E-state index in [4.69, 9.17) is 4.74 Å². The van der Waals surface area contributed by atoms with E-state index in [0.717, 1.165) is 49.4 Å². The average molecular weight is 381 g/mol. The van der Waals surface area contributed by atoms with Gasteiger partial charge in [-0.2, -0.15) is 0 Å². The fourth-order valence-corrected chi connectivity index (χ4v) is 4.71. The Bertz CT molecular complexity index is 606. The van der Waals surface area contributed by atoms with E-state index in [1.807, 2.05) is 6.92 Å². The lowest BCUT2D eigenvalue weighted by molar-refractivity contribution is -0.269. The van der Waals surface area contributed by atoms with E-state index in [0.29, 0.717) is 12.2 Å². The van der Waals surface area contributed by atoms with Gasteiger partial charge in [0.25, 0.3) is 5.24 Å². The molecule has 144 valence electrons. The molecule has 3 N–H and O–H groups in total. The van der Waals surface area contributed by atoms with Crippen LogP contribution in [0, 0.1) is 0 Å². The standard InChI is InChI=1S/C19H28N2O4S/c1-13-7-5-3-2-4-6-8-15-10-14(20-17(22)9-13)11-19(24,25-15)16-12-26-18(23)21-16/h2-3,9,14-16,24H,4-8,10-12H2,1H3,(H,20,22)(H,21,23)/t14-,15?,16+,19-/m1/s1. The minimum absolute atomic E-state index is 0.124. The molecule has 0 spiro atoms. The topological polar surface area (TPSA) is 87.7 Å². The van der Waals surface area contributed by atoms with Crippen LogP contribution in [0.2, 0.25) is 0 Å². The fourth-order valence-electron chi connectivity index (χ4n) is 3.83. The number of rotatable bonds is 1. The van der Waals surface area contributed by atoms with E-state index in [1.165, 1.54) is 0 Å². The summed E-state index contributed by atoms with van der Waals surface area (Å²) in [7, 11) is 0. The minimum atomic E-state index is -1.44. The van der Waals surface area contributed by atoms with E-state index in [9.17, 15) is 14.7 Å². The van der Waals surface area contributed by atoms with Gasteiger partial charge in [0.05, 0.1) is 12.1 Å². The zero-order valence-corrected chi connectivity index (χ0v) is 16.0. The Morgan fingerprint density at radius 2 is 2.08 bits per heavy atom. The zero-order valence-electron chi connectivity index (χ0n) is 15.2. The van der Waals surface area contributed by atoms with Gasteiger partial charge in [-0.3, -0.25) is 9.59 Å². The van der Waals surface area contributed by atoms with Gasteiger partial charge < -0.3 is 20.5 Å². The van der Waals surface area contributed by atoms with Crippen molar-refractivity contribution < 1.29 is 19.4 Å². The van der Waals surface area contributed by atoms with E-state index >= 15 is 0 Å². The number of fused-ring (bicyclic) bond motifs is 2. The second-order valence-electron chi connectivity index (χ2n) is 7.46. The molecule has 0 aromatic rings. The Morgan fingerprint density at radius 3 is 2.85 bits per heavy atom. The molecule has 0 aliphatic carbocycles. The first-order valence-electron chi connectivity index (χ1n) is 9.41. The third-order valence-electron chi connectivity index (χ3n) is 5.17. The lowest BCUT2D eigenvalue weighted by atomic mass is 9.89. The monoisotopic (exact) mass is 380 g/mol. The van der Waals surface area contributed by atoms with Crippen LogP contribution in [0.5, 0.6) is 0 Å². The SMILES string of the molecule is CC1=CC(=O)N[C@@H]2CC(CCCC=CCC1)O[C@@](O)([C@@H]1CSC(=O)N1)C2. The molecule has 4 atom stereocenters. The highest BCUT2D eigenvalue weighted by Gasteiger charge is 2.48. The van der Waals surface area contributed by atoms with Gasteiger partial charge in [-0.1, -0.05) is 29.5 Å². The molecule has 2 amide bonds. The summed E-state index contributed by atoms with van der Waals surface area (Å²) in [4.78, 5) is 23.9. The van der Waals surface area contributed by atoms with Gasteiger partial charge in [0.2, 0.25) is 5.91 Å². The molecule has 0 saturated carbocycles. The van der Waals surface area contributed by atoms with Gasteiger partial charge in [0, 0.05) is 24.3 Å². The summed E-state index contributed by atoms with van der Waals surface area (Å²) in [6, 6.07) is -0.616. The van der Waals surface area contributed by atoms with E-state index in [2.05, 4.69) is 22.8 Å². The Hall–Kier alpha value is -1.31. The number of amides is 2. The maximum Gasteiger partial charge on any atom is 0.279 e. The second kappa shape index (κ2) is 8.59. The van der Waals surface area contributed by atoms with E-state index in [1.54, 1.807) is 6.08 Å². The molecule has 6 nitrogen and oxygen atoms in total. The summed E-state index contributed by atoms with van der Waals surface area (Å²) in [6.45, 7) is 1.97. The summed E-state index contributed by atoms with van der Waals surface area (Å²) >= 11 is 1.16. The van der Waals surface area contributed by atoms with Crippen LogP contribution in [0.1, 0.15) is 51.9 Å². The number of carbonyl (C=O) groups is 2. The lowest BCUT2D eigenvalue weighted by Crippen LogP contribution is -2.60. The largest absolute Gasteiger partial charge is 0.364 e. The molecule has 2 saturated heterocycles. The van der Waals surface area contributed by atoms with E-state index < -0.39 is 11.8 Å². The lowest BCUT2D eigenvalue weighted by Gasteiger charge is -2.44. The van der Waals surface area contributed by atoms with Crippen LogP contribution < -0.4 is 10.6 Å². The van der Waals surface area contributed by atoms with Crippen molar-refractivity contribution in [1.29, 1.82) is 0 Å². The zero-order chi connectivity index (χ0) is 18.6. The summed E-state index contributed by atoms with van der Waals surface area (Å²) in [5.41, 5.74) is 1.04. The maximum atomic E-state index is 12.3. The molecule has 0 aromatic heterocycles. The maximum absolute atomic E-state index is 12.3. The third-order valence-corrected chi connectivity index (χ3v) is 6.05. The first-order chi connectivity index (χ1) is 12.4. The number of ether oxygens (including phenoxy) is 1. The highest BCUT2D eigenvalue weighted by Crippen LogP contribution is 2.35. The van der Waals surface area contributed by atoms with Gasteiger partial charge >= 0.3 is 0 Å². The average Bonchev–Trinajstić information content (AvgIpc) is 3.00. The van der Waals surface area contributed by atoms with E-state index in [-0.39, 0.29) is 29.7 Å². The van der Waals surface area contributed by atoms with Crippen molar-refractivity contribution in [1.82, 2.24) is 10.6 Å². The predicted molar refractivity (Wildman–Crippen MR) is 102 cm³/mol. The molecule has 2 fully saturated rings. The summed E-state index contributed by atoms with van der Waals surface area (Å²) in [6.07, 6.45) is 11.4. The predicted octanol–water partition coefficient (Wildman–Crippen LogP) is 2.63. The van der Waals surface area contributed by atoms with Gasteiger partial charge in [-0.15, -0.1) is 0 Å². The van der Waals surface area contributed by atoms with Crippen LogP contribution in [0.4, 0.5) is 4.79 Å². The molecule has 26 heavy (non-hydrogen) atoms. The van der Waals surface area contributed by atoms with Crippen LogP contribution in [0.15, 0.2) is 23.8 Å². The summed E-state index contributed by atoms with van der Waals surface area (Å²) < 4.78 is 6.03. The molecule has 3 heterocycles. The van der Waals surface area contributed by atoms with Crippen LogP contribution in [0.3, 0.4) is 0 Å². The Morgan fingerprint density at radius 1 is 1.27 bits per heavy atom. The van der Waals surface area contributed by atoms with Crippen LogP contribution in [0.25, 0.3) is 0 Å². The minimum Gasteiger partial charge on any atom is -0.364 e. The molecule has 0 radical (unpaired) electrons. The Balaban J connectivity index is 1.76. The number of allylic oxidation sites excluding steroid dienone is 3. The van der Waals surface area contributed by atoms with Crippen LogP contribution in [-0.2, 0) is 9.53 Å². The number of hydrogen-bond donors (Lipinski definition) is 3. The molecule has 3 rings (SSSR count). The number of carbonyl (C=O) groups excluding carboxylic acids is 2. The first kappa shape index (κ1) is 19.5. The van der Waals surface area contributed by atoms with Crippen LogP contribution >= 0.6 is 11.8 Å². The fraction of sp³-hybridized carbons (Fsp3) is 0.684. The van der Waals surface area contributed by atoms with Crippen molar-refractivity contribution in [3.05, 3.63) is 23.8 Å². The number of nitrogens with one attached hydrogen (secondary N) is 2. The summed E-state index contributed by atoms with van der Waals surface area (Å²) in [5, 5.41) is 16.8. The number of hydrogen-bond acceptors (Lipinski definition) is 5. The molecule has 1 unspecified atom stereocenters. The van der Waals surface area contributed by atoms with Crippen molar-refractivity contribution >= 4 is 22.9 Å². The molecule has 3 aliphatic rings. The van der Waals surface area contributed by atoms with Crippen molar-refractivity contribution in [3.63, 3.8) is 0 Å². The molecular weight excluding hydrogens is 352 g/mol. The number of thioether (sulfide) groups is 1. The molecule has 3 aliphatic heterocycles. The quantitative estimate of drug-likeness (QED) is 0.609. The Labute approximate surface area is 158 Å². The van der Waals surface area contributed by atoms with Crippen LogP contribution in [-0.4, -0.2) is 46.0 Å². The third kappa shape index (κ3) is 5.11. The van der Waals surface area contributed by atoms with Crippen molar-refractivity contribution in [3.8, 4) is 0 Å². The summed E-state index contributed by atoms with van der Waals surface area (Å²) in [5.74, 6) is -1.09. The van der Waals surface area contributed by atoms with Crippen molar-refractivity contribution in [2.45, 2.75) is 75.8 Å². The molecule has 2 bridgehead atoms. The van der Waals surface area contributed by atoms with Gasteiger partial charge in [-0.05, 0) is 45.4 Å². The highest BCUT2D eigenvalue weighted by atomic mass is 32.2. The van der Waals surface area contributed by atoms with Gasteiger partial charge in [0.1, 0.15) is 0 Å². The smallest absolute Gasteiger partial charge is 0.279 e. The highest BCUT2D eigenvalue weighted by molar-refractivity contribution is 8.14. The van der Waals surface area contributed by atoms with Gasteiger partial charge in [0.15, 0.2) is 5.79 Å². The number of aliphatic hydroxyl groups is 1. The normalized spacial score (nSPS) is 36.7. The van der Waals surface area contributed by atoms with Crippen molar-refractivity contribution in [2.75, 3.05) is 5.75 Å². The molecule has 0 aromatic carbocycles. The van der Waals surface area contributed by atoms with Crippen molar-refractivity contribution in [2.24, 2.45) is 0 Å². The Kier molecular flexibility index (Phi) is 6.42. The first-order valence-corrected chi connectivity index (χ1v) is 10.4. The molecular formula is C19H28N2O4S. The second-order valence-corrected chi connectivity index (χ2v) is 8.45.